The monoisotopic (exact) mass is 491 g/mol. The van der Waals surface area contributed by atoms with Gasteiger partial charge >= 0.3 is 0 Å². The first kappa shape index (κ1) is 22.5. The summed E-state index contributed by atoms with van der Waals surface area (Å²) >= 11 is 8.03. The predicted molar refractivity (Wildman–Crippen MR) is 128 cm³/mol. The van der Waals surface area contributed by atoms with Gasteiger partial charge in [0.2, 0.25) is 5.95 Å². The average molecular weight is 492 g/mol. The molecular weight excluding hydrogens is 466 g/mol. The Hall–Kier alpha value is -2.24. The number of nitrogens with zero attached hydrogens (tertiary/aromatic N) is 3. The molecule has 1 saturated heterocycles. The molecule has 1 saturated carbocycles. The lowest BCUT2D eigenvalue weighted by molar-refractivity contribution is -0.158. The second kappa shape index (κ2) is 8.52. The Kier molecular flexibility index (Phi) is 5.82. The van der Waals surface area contributed by atoms with Crippen LogP contribution in [0.5, 0.6) is 5.75 Å². The van der Waals surface area contributed by atoms with Gasteiger partial charge in [0.1, 0.15) is 27.8 Å². The van der Waals surface area contributed by atoms with E-state index in [2.05, 4.69) is 15.3 Å². The van der Waals surface area contributed by atoms with E-state index >= 15 is 0 Å². The van der Waals surface area contributed by atoms with Crippen LogP contribution in [-0.4, -0.2) is 57.3 Å². The maximum Gasteiger partial charge on any atom is 0.223 e. The van der Waals surface area contributed by atoms with Gasteiger partial charge in [-0.3, -0.25) is 0 Å². The Morgan fingerprint density at radius 1 is 1.27 bits per heavy atom. The average Bonchev–Trinajstić information content (AvgIpc) is 3.38. The first-order valence-electron chi connectivity index (χ1n) is 10.9. The minimum Gasteiger partial charge on any atom is -0.494 e. The van der Waals surface area contributed by atoms with Crippen LogP contribution in [0.3, 0.4) is 0 Å². The van der Waals surface area contributed by atoms with Gasteiger partial charge < -0.3 is 30.4 Å². The normalized spacial score (nSPS) is 26.0. The number of benzene rings is 1. The second-order valence-corrected chi connectivity index (χ2v) is 10.1. The van der Waals surface area contributed by atoms with Crippen molar-refractivity contribution in [3.8, 4) is 16.3 Å². The van der Waals surface area contributed by atoms with Crippen molar-refractivity contribution in [2.75, 3.05) is 24.3 Å². The Labute approximate surface area is 200 Å². The first-order chi connectivity index (χ1) is 15.8. The third-order valence-electron chi connectivity index (χ3n) is 5.91. The topological polar surface area (TPSA) is 125 Å². The highest BCUT2D eigenvalue weighted by Gasteiger charge is 2.54. The number of aliphatic hydroxyl groups is 1. The Morgan fingerprint density at radius 3 is 2.82 bits per heavy atom. The van der Waals surface area contributed by atoms with Crippen LogP contribution in [0.15, 0.2) is 18.2 Å². The number of nitrogens with two attached hydrogens (primary N) is 1. The van der Waals surface area contributed by atoms with Gasteiger partial charge in [-0.05, 0) is 45.4 Å². The molecule has 1 unspecified atom stereocenters. The summed E-state index contributed by atoms with van der Waals surface area (Å²) in [6.45, 7) is 6.29. The largest absolute Gasteiger partial charge is 0.494 e. The molecule has 0 bridgehead atoms. The van der Waals surface area contributed by atoms with Crippen LogP contribution in [0, 0.1) is 5.92 Å². The molecule has 4 N–H and O–H groups in total. The molecule has 2 aromatic heterocycles. The minimum atomic E-state index is -0.723. The van der Waals surface area contributed by atoms with Gasteiger partial charge in [0.15, 0.2) is 5.79 Å². The second-order valence-electron chi connectivity index (χ2n) is 8.67. The quantitative estimate of drug-likeness (QED) is 0.442. The summed E-state index contributed by atoms with van der Waals surface area (Å²) in [4.78, 5) is 13.4. The molecule has 1 aliphatic heterocycles. The SMILES string of the molecule is CCOc1ccc2nc(-c3c(Cl)nc(N)nc3NC3C[C@H](CO)[C@H]4OC(C)(C)O[C@@H]34)sc2c1. The third kappa shape index (κ3) is 4.22. The zero-order chi connectivity index (χ0) is 23.3. The van der Waals surface area contributed by atoms with E-state index in [0.717, 1.165) is 16.0 Å². The minimum absolute atomic E-state index is 0.0122. The van der Waals surface area contributed by atoms with E-state index in [1.54, 1.807) is 0 Å². The zero-order valence-electron chi connectivity index (χ0n) is 18.5. The van der Waals surface area contributed by atoms with Crippen LogP contribution in [0.4, 0.5) is 11.8 Å². The molecular formula is C22H26ClN5O4S. The standard InChI is InChI=1S/C22H26ClN5O4S/c1-4-30-11-5-6-12-14(8-11)33-20(26-12)15-18(23)27-21(24)28-19(15)25-13-7-10(9-29)16-17(13)32-22(2,3)31-16/h5-6,8,10,13,16-17,29H,4,7,9H2,1-3H3,(H3,24,25,27,28)/t10-,13?,16-,17+/m1/s1. The Balaban J connectivity index is 1.51. The highest BCUT2D eigenvalue weighted by molar-refractivity contribution is 7.21. The number of fused-ring (bicyclic) bond motifs is 2. The molecule has 2 aliphatic rings. The lowest BCUT2D eigenvalue weighted by Gasteiger charge is -2.24. The Bertz CT molecular complexity index is 1190. The van der Waals surface area contributed by atoms with Crippen molar-refractivity contribution >= 4 is 44.9 Å². The fraction of sp³-hybridized carbons (Fsp3) is 0.500. The number of aliphatic hydroxyl groups excluding tert-OH is 1. The fourth-order valence-corrected chi connectivity index (χ4v) is 5.96. The maximum atomic E-state index is 9.88. The van der Waals surface area contributed by atoms with Gasteiger partial charge in [-0.25, -0.2) is 9.97 Å². The number of thiazole rings is 1. The number of ether oxygens (including phenoxy) is 3. The molecule has 1 aromatic carbocycles. The van der Waals surface area contributed by atoms with E-state index in [4.69, 9.17) is 36.5 Å². The smallest absolute Gasteiger partial charge is 0.223 e. The highest BCUT2D eigenvalue weighted by Crippen LogP contribution is 2.44. The molecule has 1 aliphatic carbocycles. The number of nitrogens with one attached hydrogen (secondary N) is 1. The molecule has 0 amide bonds. The molecule has 3 heterocycles. The highest BCUT2D eigenvalue weighted by atomic mass is 35.5. The van der Waals surface area contributed by atoms with Crippen molar-refractivity contribution in [2.24, 2.45) is 5.92 Å². The molecule has 3 aromatic rings. The zero-order valence-corrected chi connectivity index (χ0v) is 20.1. The van der Waals surface area contributed by atoms with Crippen LogP contribution < -0.4 is 15.8 Å². The van der Waals surface area contributed by atoms with E-state index in [9.17, 15) is 5.11 Å². The van der Waals surface area contributed by atoms with Crippen molar-refractivity contribution < 1.29 is 19.3 Å². The number of hydrogen-bond donors (Lipinski definition) is 3. The number of aromatic nitrogens is 3. The number of anilines is 2. The molecule has 5 rings (SSSR count). The van der Waals surface area contributed by atoms with Crippen LogP contribution >= 0.6 is 22.9 Å². The van der Waals surface area contributed by atoms with Crippen LogP contribution in [0.25, 0.3) is 20.8 Å². The Morgan fingerprint density at radius 2 is 2.06 bits per heavy atom. The molecule has 0 spiro atoms. The molecule has 2 fully saturated rings. The van der Waals surface area contributed by atoms with Crippen molar-refractivity contribution in [2.45, 2.75) is 51.2 Å². The number of nitrogen functional groups attached to an aromatic ring is 1. The van der Waals surface area contributed by atoms with Crippen molar-refractivity contribution in [3.05, 3.63) is 23.4 Å². The van der Waals surface area contributed by atoms with Crippen molar-refractivity contribution in [1.29, 1.82) is 0 Å². The van der Waals surface area contributed by atoms with Crippen LogP contribution in [0.2, 0.25) is 5.15 Å². The summed E-state index contributed by atoms with van der Waals surface area (Å²) in [6, 6.07) is 5.61. The summed E-state index contributed by atoms with van der Waals surface area (Å²) in [6.07, 6.45) is 0.199. The van der Waals surface area contributed by atoms with E-state index in [1.165, 1.54) is 11.3 Å². The first-order valence-corrected chi connectivity index (χ1v) is 12.1. The molecule has 11 heteroatoms. The van der Waals surface area contributed by atoms with Gasteiger partial charge in [-0.1, -0.05) is 11.6 Å². The third-order valence-corrected chi connectivity index (χ3v) is 7.21. The van der Waals surface area contributed by atoms with Gasteiger partial charge in [0.25, 0.3) is 0 Å². The molecule has 0 radical (unpaired) electrons. The molecule has 4 atom stereocenters. The lowest BCUT2D eigenvalue weighted by Crippen LogP contribution is -2.35. The van der Waals surface area contributed by atoms with Gasteiger partial charge in [0, 0.05) is 12.5 Å². The molecule has 33 heavy (non-hydrogen) atoms. The number of rotatable bonds is 6. The van der Waals surface area contributed by atoms with Gasteiger partial charge in [-0.2, -0.15) is 4.98 Å². The lowest BCUT2D eigenvalue weighted by atomic mass is 10.1. The van der Waals surface area contributed by atoms with Crippen LogP contribution in [0.1, 0.15) is 27.2 Å². The summed E-state index contributed by atoms with van der Waals surface area (Å²) in [5.74, 6) is 0.549. The van der Waals surface area contributed by atoms with Gasteiger partial charge in [-0.15, -0.1) is 11.3 Å². The van der Waals surface area contributed by atoms with E-state index in [1.807, 2.05) is 39.0 Å². The fourth-order valence-electron chi connectivity index (χ4n) is 4.59. The van der Waals surface area contributed by atoms with E-state index in [0.29, 0.717) is 29.4 Å². The predicted octanol–water partition coefficient (Wildman–Crippen LogP) is 3.70. The van der Waals surface area contributed by atoms with E-state index in [-0.39, 0.29) is 41.9 Å². The van der Waals surface area contributed by atoms with Crippen LogP contribution in [-0.2, 0) is 9.47 Å². The van der Waals surface area contributed by atoms with Gasteiger partial charge in [0.05, 0.1) is 34.5 Å². The summed E-state index contributed by atoms with van der Waals surface area (Å²) < 4.78 is 18.8. The molecule has 9 nitrogen and oxygen atoms in total. The number of halogens is 1. The van der Waals surface area contributed by atoms with Crippen molar-refractivity contribution in [3.63, 3.8) is 0 Å². The van der Waals surface area contributed by atoms with E-state index < -0.39 is 5.79 Å². The maximum absolute atomic E-state index is 9.88. The number of hydrogen-bond acceptors (Lipinski definition) is 10. The summed E-state index contributed by atoms with van der Waals surface area (Å²) in [5.41, 5.74) is 7.34. The molecule has 176 valence electrons. The summed E-state index contributed by atoms with van der Waals surface area (Å²) in [5, 5.41) is 14.2. The van der Waals surface area contributed by atoms with Crippen molar-refractivity contribution in [1.82, 2.24) is 15.0 Å². The summed E-state index contributed by atoms with van der Waals surface area (Å²) in [7, 11) is 0.